The molecule has 0 saturated carbocycles. The highest BCUT2D eigenvalue weighted by Crippen LogP contribution is 2.25. The largest absolute Gasteiger partial charge is 0.336 e. The van der Waals surface area contributed by atoms with Crippen LogP contribution in [0.15, 0.2) is 23.4 Å². The maximum atomic E-state index is 11.8. The van der Waals surface area contributed by atoms with Gasteiger partial charge in [0.25, 0.3) is 0 Å². The van der Waals surface area contributed by atoms with E-state index in [1.807, 2.05) is 0 Å². The van der Waals surface area contributed by atoms with Gasteiger partial charge in [0.05, 0.1) is 15.8 Å². The Morgan fingerprint density at radius 2 is 2.15 bits per heavy atom. The van der Waals surface area contributed by atoms with Crippen LogP contribution in [0.1, 0.15) is 5.82 Å². The van der Waals surface area contributed by atoms with Crippen molar-refractivity contribution in [1.82, 2.24) is 14.9 Å². The van der Waals surface area contributed by atoms with E-state index < -0.39 is 0 Å². The molecule has 6 nitrogen and oxygen atoms in total. The molecule has 0 fully saturated rings. The van der Waals surface area contributed by atoms with Gasteiger partial charge in [-0.3, -0.25) is 4.79 Å². The van der Waals surface area contributed by atoms with Crippen molar-refractivity contribution in [3.8, 4) is 0 Å². The monoisotopic (exact) mass is 331 g/mol. The number of aromatic nitrogens is 3. The van der Waals surface area contributed by atoms with Gasteiger partial charge in [-0.05, 0) is 25.1 Å². The van der Waals surface area contributed by atoms with Gasteiger partial charge in [0.1, 0.15) is 5.82 Å². The number of carbonyl (C=O) groups excluding carboxylic acids is 1. The number of anilines is 1. The Hall–Kier alpha value is -1.44. The van der Waals surface area contributed by atoms with Crippen LogP contribution in [-0.2, 0) is 4.79 Å². The van der Waals surface area contributed by atoms with E-state index in [1.54, 1.807) is 25.1 Å². The molecular weight excluding hydrogens is 321 g/mol. The van der Waals surface area contributed by atoms with Crippen LogP contribution >= 0.6 is 35.0 Å². The summed E-state index contributed by atoms with van der Waals surface area (Å²) >= 11 is 12.9. The van der Waals surface area contributed by atoms with E-state index in [1.165, 1.54) is 16.4 Å². The smallest absolute Gasteiger partial charge is 0.234 e. The van der Waals surface area contributed by atoms with Gasteiger partial charge < -0.3 is 11.2 Å². The Labute approximate surface area is 129 Å². The molecule has 0 bridgehead atoms. The number of aryl methyl sites for hydroxylation is 1. The number of hydrogen-bond acceptors (Lipinski definition) is 5. The molecule has 20 heavy (non-hydrogen) atoms. The molecule has 0 aliphatic carbocycles. The molecule has 9 heteroatoms. The molecule has 106 valence electrons. The Morgan fingerprint density at radius 3 is 2.75 bits per heavy atom. The highest BCUT2D eigenvalue weighted by atomic mass is 35.5. The summed E-state index contributed by atoms with van der Waals surface area (Å²) in [6.45, 7) is 1.73. The zero-order chi connectivity index (χ0) is 14.7. The van der Waals surface area contributed by atoms with E-state index >= 15 is 0 Å². The van der Waals surface area contributed by atoms with Gasteiger partial charge in [-0.15, -0.1) is 10.2 Å². The molecule has 0 spiro atoms. The summed E-state index contributed by atoms with van der Waals surface area (Å²) in [6, 6.07) is 4.88. The fourth-order valence-electron chi connectivity index (χ4n) is 1.35. The lowest BCUT2D eigenvalue weighted by atomic mass is 10.3. The van der Waals surface area contributed by atoms with E-state index in [9.17, 15) is 4.79 Å². The third kappa shape index (κ3) is 3.56. The van der Waals surface area contributed by atoms with Crippen LogP contribution in [0.5, 0.6) is 0 Å². The number of nitrogens with zero attached hydrogens (tertiary/aromatic N) is 3. The second-order valence-corrected chi connectivity index (χ2v) is 5.62. The summed E-state index contributed by atoms with van der Waals surface area (Å²) in [6.07, 6.45) is 0. The molecule has 0 aliphatic rings. The van der Waals surface area contributed by atoms with Crippen LogP contribution in [0.25, 0.3) is 0 Å². The topological polar surface area (TPSA) is 85.8 Å². The highest BCUT2D eigenvalue weighted by Gasteiger charge is 2.10. The van der Waals surface area contributed by atoms with Crippen LogP contribution in [0.3, 0.4) is 0 Å². The molecule has 0 radical (unpaired) electrons. The van der Waals surface area contributed by atoms with E-state index in [4.69, 9.17) is 29.0 Å². The number of nitrogens with two attached hydrogens (primary N) is 1. The molecule has 1 heterocycles. The van der Waals surface area contributed by atoms with Crippen LogP contribution in [0, 0.1) is 6.92 Å². The molecule has 0 saturated heterocycles. The Bertz CT molecular complexity index is 646. The van der Waals surface area contributed by atoms with Crippen molar-refractivity contribution in [2.45, 2.75) is 12.1 Å². The summed E-state index contributed by atoms with van der Waals surface area (Å²) in [5.74, 6) is 6.23. The van der Waals surface area contributed by atoms with Crippen LogP contribution in [0.2, 0.25) is 10.0 Å². The zero-order valence-electron chi connectivity index (χ0n) is 10.4. The number of nitrogens with one attached hydrogen (secondary N) is 1. The first-order chi connectivity index (χ1) is 9.47. The number of thioether (sulfide) groups is 1. The predicted octanol–water partition coefficient (Wildman–Crippen LogP) is 2.34. The predicted molar refractivity (Wildman–Crippen MR) is 80.7 cm³/mol. The first-order valence-electron chi connectivity index (χ1n) is 5.52. The lowest BCUT2D eigenvalue weighted by Crippen LogP contribution is -2.16. The Kier molecular flexibility index (Phi) is 4.74. The third-order valence-corrected chi connectivity index (χ3v) is 4.05. The molecule has 0 unspecified atom stereocenters. The summed E-state index contributed by atoms with van der Waals surface area (Å²) < 4.78 is 1.33. The SMILES string of the molecule is Cc1nnc(SCC(=O)Nc2ccc(Cl)c(Cl)c2)n1N. The van der Waals surface area contributed by atoms with Crippen molar-refractivity contribution in [1.29, 1.82) is 0 Å². The summed E-state index contributed by atoms with van der Waals surface area (Å²) in [5.41, 5.74) is 0.579. The molecule has 1 aromatic carbocycles. The molecule has 3 N–H and O–H groups in total. The Morgan fingerprint density at radius 1 is 1.40 bits per heavy atom. The molecular formula is C11H11Cl2N5OS. The van der Waals surface area contributed by atoms with Crippen molar-refractivity contribution in [2.75, 3.05) is 16.9 Å². The van der Waals surface area contributed by atoms with Crippen molar-refractivity contribution in [3.63, 3.8) is 0 Å². The maximum absolute atomic E-state index is 11.8. The maximum Gasteiger partial charge on any atom is 0.234 e. The average molecular weight is 332 g/mol. The lowest BCUT2D eigenvalue weighted by molar-refractivity contribution is -0.113. The van der Waals surface area contributed by atoms with Crippen LogP contribution in [-0.4, -0.2) is 26.5 Å². The second kappa shape index (κ2) is 6.34. The number of halogens is 2. The fraction of sp³-hybridized carbons (Fsp3) is 0.182. The third-order valence-electron chi connectivity index (χ3n) is 2.37. The van der Waals surface area contributed by atoms with E-state index in [-0.39, 0.29) is 11.7 Å². The van der Waals surface area contributed by atoms with Crippen molar-refractivity contribution >= 4 is 46.6 Å². The average Bonchev–Trinajstić information content (AvgIpc) is 2.72. The van der Waals surface area contributed by atoms with E-state index in [0.29, 0.717) is 26.7 Å². The highest BCUT2D eigenvalue weighted by molar-refractivity contribution is 7.99. The quantitative estimate of drug-likeness (QED) is 0.663. The molecule has 2 aromatic rings. The van der Waals surface area contributed by atoms with E-state index in [0.717, 1.165) is 0 Å². The standard InChI is InChI=1S/C11H11Cl2N5OS/c1-6-16-17-11(18(6)14)20-5-10(19)15-7-2-3-8(12)9(13)4-7/h2-4H,5,14H2,1H3,(H,15,19). The van der Waals surface area contributed by atoms with Gasteiger partial charge in [-0.25, -0.2) is 4.68 Å². The van der Waals surface area contributed by atoms with Crippen molar-refractivity contribution in [3.05, 3.63) is 34.1 Å². The minimum Gasteiger partial charge on any atom is -0.336 e. The normalized spacial score (nSPS) is 10.6. The molecule has 0 aliphatic heterocycles. The van der Waals surface area contributed by atoms with Crippen LogP contribution in [0.4, 0.5) is 5.69 Å². The molecule has 1 aromatic heterocycles. The summed E-state index contributed by atoms with van der Waals surface area (Å²) in [7, 11) is 0. The minimum atomic E-state index is -0.200. The van der Waals surface area contributed by atoms with Gasteiger partial charge in [0.15, 0.2) is 0 Å². The van der Waals surface area contributed by atoms with Gasteiger partial charge in [0.2, 0.25) is 11.1 Å². The number of rotatable bonds is 4. The minimum absolute atomic E-state index is 0.162. The summed E-state index contributed by atoms with van der Waals surface area (Å²) in [4.78, 5) is 11.8. The molecule has 2 rings (SSSR count). The first-order valence-corrected chi connectivity index (χ1v) is 7.26. The zero-order valence-corrected chi connectivity index (χ0v) is 12.8. The number of carbonyl (C=O) groups is 1. The molecule has 1 amide bonds. The van der Waals surface area contributed by atoms with Crippen molar-refractivity contribution in [2.24, 2.45) is 0 Å². The van der Waals surface area contributed by atoms with Gasteiger partial charge in [-0.2, -0.15) is 0 Å². The summed E-state index contributed by atoms with van der Waals surface area (Å²) in [5, 5.41) is 11.7. The number of nitrogen functional groups attached to an aromatic ring is 1. The van der Waals surface area contributed by atoms with Crippen LogP contribution < -0.4 is 11.2 Å². The van der Waals surface area contributed by atoms with Gasteiger partial charge in [0, 0.05) is 5.69 Å². The second-order valence-electron chi connectivity index (χ2n) is 3.87. The lowest BCUT2D eigenvalue weighted by Gasteiger charge is -2.06. The number of benzene rings is 1. The number of amides is 1. The fourth-order valence-corrected chi connectivity index (χ4v) is 2.35. The van der Waals surface area contributed by atoms with Crippen molar-refractivity contribution < 1.29 is 4.79 Å². The van der Waals surface area contributed by atoms with Gasteiger partial charge >= 0.3 is 0 Å². The van der Waals surface area contributed by atoms with E-state index in [2.05, 4.69) is 15.5 Å². The Balaban J connectivity index is 1.92. The first kappa shape index (κ1) is 15.0. The number of hydrogen-bond donors (Lipinski definition) is 2. The molecule has 0 atom stereocenters. The van der Waals surface area contributed by atoms with Gasteiger partial charge in [-0.1, -0.05) is 35.0 Å².